The zero-order valence-electron chi connectivity index (χ0n) is 21.5. The fraction of sp³-hybridized carbons (Fsp3) is 0.379. The molecule has 0 aliphatic carbocycles. The molecule has 1 unspecified atom stereocenters. The number of aromatic nitrogens is 1. The number of aromatic amines is 1. The van der Waals surface area contributed by atoms with Gasteiger partial charge in [0.2, 0.25) is 0 Å². The molecule has 1 atom stereocenters. The standard InChI is InChI=1S/C29H35N3O3/c1-18-12-13-19(29(2,3)4)16-21(18)26(33)24-25(22-17-30-23-11-8-7-10-20(22)23)32(28(35)27(24)34)15-9-14-31(5)6/h7-8,10-13,16-17,25,30,33H,9,14-15H2,1-6H3/b26-24+. The monoisotopic (exact) mass is 473 g/mol. The van der Waals surface area contributed by atoms with Crippen LogP contribution < -0.4 is 0 Å². The van der Waals surface area contributed by atoms with Crippen molar-refractivity contribution < 1.29 is 14.7 Å². The fourth-order valence-corrected chi connectivity index (χ4v) is 4.80. The third kappa shape index (κ3) is 4.63. The number of nitrogens with zero attached hydrogens (tertiary/aromatic N) is 2. The van der Waals surface area contributed by atoms with Gasteiger partial charge < -0.3 is 19.9 Å². The van der Waals surface area contributed by atoms with E-state index < -0.39 is 17.7 Å². The van der Waals surface area contributed by atoms with E-state index in [1.165, 1.54) is 0 Å². The zero-order valence-corrected chi connectivity index (χ0v) is 21.5. The average molecular weight is 474 g/mol. The Morgan fingerprint density at radius 3 is 2.51 bits per heavy atom. The molecule has 184 valence electrons. The Balaban J connectivity index is 1.91. The van der Waals surface area contributed by atoms with Crippen molar-refractivity contribution in [1.82, 2.24) is 14.8 Å². The van der Waals surface area contributed by atoms with E-state index in [-0.39, 0.29) is 16.7 Å². The van der Waals surface area contributed by atoms with Crippen LogP contribution in [-0.4, -0.2) is 58.8 Å². The number of fused-ring (bicyclic) bond motifs is 1. The van der Waals surface area contributed by atoms with Gasteiger partial charge in [0.05, 0.1) is 11.6 Å². The van der Waals surface area contributed by atoms with Gasteiger partial charge in [0.15, 0.2) is 0 Å². The summed E-state index contributed by atoms with van der Waals surface area (Å²) in [6, 6.07) is 13.1. The second kappa shape index (κ2) is 9.34. The Morgan fingerprint density at radius 1 is 1.11 bits per heavy atom. The molecule has 1 amide bonds. The second-order valence-corrected chi connectivity index (χ2v) is 10.7. The Bertz CT molecular complexity index is 1310. The van der Waals surface area contributed by atoms with Gasteiger partial charge in [-0.15, -0.1) is 0 Å². The summed E-state index contributed by atoms with van der Waals surface area (Å²) in [5, 5.41) is 12.5. The van der Waals surface area contributed by atoms with Crippen LogP contribution in [0.5, 0.6) is 0 Å². The van der Waals surface area contributed by atoms with E-state index >= 15 is 0 Å². The molecule has 4 rings (SSSR count). The van der Waals surface area contributed by atoms with Crippen molar-refractivity contribution in [2.45, 2.75) is 45.6 Å². The van der Waals surface area contributed by atoms with Crippen LogP contribution in [0.4, 0.5) is 0 Å². The Labute approximate surface area is 207 Å². The first kappa shape index (κ1) is 24.7. The number of Topliss-reactive ketones (excluding diaryl/α,β-unsaturated/α-hetero) is 1. The number of aliphatic hydroxyl groups excluding tert-OH is 1. The predicted octanol–water partition coefficient (Wildman–Crippen LogP) is 5.15. The molecule has 1 aliphatic heterocycles. The molecule has 0 spiro atoms. The van der Waals surface area contributed by atoms with Gasteiger partial charge in [0, 0.05) is 34.8 Å². The Kier molecular flexibility index (Phi) is 6.60. The van der Waals surface area contributed by atoms with Gasteiger partial charge in [-0.3, -0.25) is 9.59 Å². The lowest BCUT2D eigenvalue weighted by Crippen LogP contribution is -2.32. The number of benzene rings is 2. The molecule has 1 saturated heterocycles. The van der Waals surface area contributed by atoms with E-state index in [9.17, 15) is 14.7 Å². The summed E-state index contributed by atoms with van der Waals surface area (Å²) in [5.74, 6) is -1.31. The molecule has 1 aliphatic rings. The summed E-state index contributed by atoms with van der Waals surface area (Å²) in [4.78, 5) is 33.7. The third-order valence-electron chi connectivity index (χ3n) is 6.82. The Morgan fingerprint density at radius 2 is 1.83 bits per heavy atom. The molecule has 1 fully saturated rings. The van der Waals surface area contributed by atoms with Gasteiger partial charge in [0.1, 0.15) is 5.76 Å². The molecule has 2 heterocycles. The minimum absolute atomic E-state index is 0.114. The molecule has 3 aromatic rings. The van der Waals surface area contributed by atoms with Crippen molar-refractivity contribution in [2.75, 3.05) is 27.2 Å². The highest BCUT2D eigenvalue weighted by Crippen LogP contribution is 2.42. The molecule has 6 nitrogen and oxygen atoms in total. The number of ketones is 1. The number of likely N-dealkylation sites (tertiary alicyclic amines) is 1. The maximum atomic E-state index is 13.4. The normalized spacial score (nSPS) is 18.3. The topological polar surface area (TPSA) is 76.6 Å². The molecule has 35 heavy (non-hydrogen) atoms. The zero-order chi connectivity index (χ0) is 25.5. The van der Waals surface area contributed by atoms with Crippen LogP contribution in [0.1, 0.15) is 55.5 Å². The summed E-state index contributed by atoms with van der Waals surface area (Å²) in [6.45, 7) is 9.45. The van der Waals surface area contributed by atoms with Crippen LogP contribution in [0.25, 0.3) is 16.7 Å². The van der Waals surface area contributed by atoms with Crippen LogP contribution in [-0.2, 0) is 15.0 Å². The minimum atomic E-state index is -0.661. The summed E-state index contributed by atoms with van der Waals surface area (Å²) >= 11 is 0. The lowest BCUT2D eigenvalue weighted by atomic mass is 9.84. The van der Waals surface area contributed by atoms with Crippen molar-refractivity contribution in [1.29, 1.82) is 0 Å². The van der Waals surface area contributed by atoms with E-state index in [4.69, 9.17) is 0 Å². The molecule has 6 heteroatoms. The smallest absolute Gasteiger partial charge is 0.295 e. The van der Waals surface area contributed by atoms with Crippen molar-refractivity contribution in [3.63, 3.8) is 0 Å². The first-order valence-electron chi connectivity index (χ1n) is 12.1. The van der Waals surface area contributed by atoms with Crippen LogP contribution in [0.3, 0.4) is 0 Å². The SMILES string of the molecule is Cc1ccc(C(C)(C)C)cc1/C(O)=C1\C(=O)C(=O)N(CCCN(C)C)C1c1c[nH]c2ccccc12. The number of carbonyl (C=O) groups is 2. The van der Waals surface area contributed by atoms with Crippen LogP contribution in [0.15, 0.2) is 54.2 Å². The van der Waals surface area contributed by atoms with Gasteiger partial charge in [-0.25, -0.2) is 0 Å². The van der Waals surface area contributed by atoms with Crippen LogP contribution in [0, 0.1) is 6.92 Å². The molecular formula is C29H35N3O3. The summed E-state index contributed by atoms with van der Waals surface area (Å²) in [6.07, 6.45) is 2.57. The van der Waals surface area contributed by atoms with Crippen molar-refractivity contribution in [3.05, 3.63) is 76.5 Å². The van der Waals surface area contributed by atoms with E-state index in [0.29, 0.717) is 12.1 Å². The predicted molar refractivity (Wildman–Crippen MR) is 140 cm³/mol. The van der Waals surface area contributed by atoms with Crippen LogP contribution in [0.2, 0.25) is 0 Å². The highest BCUT2D eigenvalue weighted by Gasteiger charge is 2.46. The molecule has 0 saturated carbocycles. The van der Waals surface area contributed by atoms with Gasteiger partial charge in [-0.05, 0) is 62.7 Å². The first-order valence-corrected chi connectivity index (χ1v) is 12.1. The van der Waals surface area contributed by atoms with E-state index in [2.05, 4.69) is 30.7 Å². The van der Waals surface area contributed by atoms with Gasteiger partial charge in [-0.1, -0.05) is 51.1 Å². The van der Waals surface area contributed by atoms with Gasteiger partial charge in [0.25, 0.3) is 11.7 Å². The molecule has 2 N–H and O–H groups in total. The molecule has 0 radical (unpaired) electrons. The van der Waals surface area contributed by atoms with Crippen molar-refractivity contribution >= 4 is 28.4 Å². The number of aryl methyl sites for hydroxylation is 1. The third-order valence-corrected chi connectivity index (χ3v) is 6.82. The van der Waals surface area contributed by atoms with Crippen molar-refractivity contribution in [3.8, 4) is 0 Å². The van der Waals surface area contributed by atoms with E-state index in [0.717, 1.165) is 40.6 Å². The number of hydrogen-bond acceptors (Lipinski definition) is 4. The average Bonchev–Trinajstić information content (AvgIpc) is 3.32. The number of amides is 1. The lowest BCUT2D eigenvalue weighted by molar-refractivity contribution is -0.139. The van der Waals surface area contributed by atoms with Gasteiger partial charge >= 0.3 is 0 Å². The molecule has 0 bridgehead atoms. The maximum Gasteiger partial charge on any atom is 0.295 e. The lowest BCUT2D eigenvalue weighted by Gasteiger charge is -2.26. The highest BCUT2D eigenvalue weighted by atomic mass is 16.3. The Hall–Kier alpha value is -3.38. The quantitative estimate of drug-likeness (QED) is 0.295. The summed E-state index contributed by atoms with van der Waals surface area (Å²) < 4.78 is 0. The van der Waals surface area contributed by atoms with E-state index in [1.807, 2.05) is 69.7 Å². The number of para-hydroxylation sites is 1. The number of rotatable bonds is 6. The van der Waals surface area contributed by atoms with Crippen molar-refractivity contribution in [2.24, 2.45) is 0 Å². The summed E-state index contributed by atoms with van der Waals surface area (Å²) in [5.41, 5.74) is 4.26. The number of aliphatic hydroxyl groups is 1. The minimum Gasteiger partial charge on any atom is -0.507 e. The largest absolute Gasteiger partial charge is 0.507 e. The number of nitrogens with one attached hydrogen (secondary N) is 1. The van der Waals surface area contributed by atoms with E-state index in [1.54, 1.807) is 4.90 Å². The first-order chi connectivity index (χ1) is 16.5. The molecular weight excluding hydrogens is 438 g/mol. The number of H-pyrrole nitrogens is 1. The fourth-order valence-electron chi connectivity index (χ4n) is 4.80. The number of carbonyl (C=O) groups excluding carboxylic acids is 2. The highest BCUT2D eigenvalue weighted by molar-refractivity contribution is 6.46. The molecule has 1 aromatic heterocycles. The second-order valence-electron chi connectivity index (χ2n) is 10.7. The summed E-state index contributed by atoms with van der Waals surface area (Å²) in [7, 11) is 3.96. The maximum absolute atomic E-state index is 13.4. The molecule has 2 aromatic carbocycles. The van der Waals surface area contributed by atoms with Gasteiger partial charge in [-0.2, -0.15) is 0 Å². The number of hydrogen-bond donors (Lipinski definition) is 2. The van der Waals surface area contributed by atoms with Crippen LogP contribution >= 0.6 is 0 Å².